The van der Waals surface area contributed by atoms with Gasteiger partial charge in [0.2, 0.25) is 0 Å². The van der Waals surface area contributed by atoms with Crippen LogP contribution in [0.25, 0.3) is 0 Å². The predicted octanol–water partition coefficient (Wildman–Crippen LogP) is 0.443. The molecule has 1 aliphatic heterocycles. The van der Waals surface area contributed by atoms with Gasteiger partial charge < -0.3 is 14.6 Å². The van der Waals surface area contributed by atoms with Gasteiger partial charge in [0.15, 0.2) is 0 Å². The van der Waals surface area contributed by atoms with E-state index in [1.54, 1.807) is 6.20 Å². The van der Waals surface area contributed by atoms with E-state index in [9.17, 15) is 4.79 Å². The molecular weight excluding hydrogens is 206 g/mol. The van der Waals surface area contributed by atoms with Gasteiger partial charge in [0.1, 0.15) is 11.4 Å². The number of nitrogens with zero attached hydrogens (tertiary/aromatic N) is 2. The molecule has 1 saturated heterocycles. The summed E-state index contributed by atoms with van der Waals surface area (Å²) in [5, 5.41) is 3.26. The molecule has 2 rings (SSSR count). The van der Waals surface area contributed by atoms with Gasteiger partial charge in [0.05, 0.1) is 7.11 Å². The summed E-state index contributed by atoms with van der Waals surface area (Å²) in [5.41, 5.74) is -0.569. The molecule has 1 aromatic heterocycles. The molecule has 0 spiro atoms. The van der Waals surface area contributed by atoms with Crippen LogP contribution in [0, 0.1) is 6.92 Å². The van der Waals surface area contributed by atoms with Gasteiger partial charge in [-0.25, -0.2) is 9.78 Å². The lowest BCUT2D eigenvalue weighted by Gasteiger charge is -2.36. The zero-order valence-electron chi connectivity index (χ0n) is 9.69. The number of piperidine rings is 1. The van der Waals surface area contributed by atoms with Crippen LogP contribution >= 0.6 is 0 Å². The molecule has 1 N–H and O–H groups in total. The first kappa shape index (κ1) is 11.1. The monoisotopic (exact) mass is 223 g/mol. The van der Waals surface area contributed by atoms with Crippen molar-refractivity contribution in [3.63, 3.8) is 0 Å². The van der Waals surface area contributed by atoms with E-state index in [4.69, 9.17) is 4.74 Å². The number of hydrogen-bond acceptors (Lipinski definition) is 4. The van der Waals surface area contributed by atoms with E-state index in [0.29, 0.717) is 0 Å². The third kappa shape index (κ3) is 1.61. The second-order valence-electron chi connectivity index (χ2n) is 4.12. The second kappa shape index (κ2) is 4.25. The van der Waals surface area contributed by atoms with Crippen molar-refractivity contribution in [1.82, 2.24) is 14.9 Å². The van der Waals surface area contributed by atoms with Crippen LogP contribution in [0.1, 0.15) is 18.7 Å². The van der Waals surface area contributed by atoms with Crippen LogP contribution < -0.4 is 5.32 Å². The molecule has 0 amide bonds. The molecule has 0 aromatic carbocycles. The van der Waals surface area contributed by atoms with Gasteiger partial charge in [-0.1, -0.05) is 0 Å². The van der Waals surface area contributed by atoms with Crippen LogP contribution in [0.2, 0.25) is 0 Å². The van der Waals surface area contributed by atoms with Crippen LogP contribution in [-0.2, 0) is 15.1 Å². The van der Waals surface area contributed by atoms with Gasteiger partial charge >= 0.3 is 5.97 Å². The average Bonchev–Trinajstić information content (AvgIpc) is 2.76. The summed E-state index contributed by atoms with van der Waals surface area (Å²) in [6, 6.07) is 0. The first-order valence-electron chi connectivity index (χ1n) is 5.50. The molecule has 1 fully saturated rings. The topological polar surface area (TPSA) is 56.2 Å². The molecule has 0 bridgehead atoms. The minimum atomic E-state index is -0.569. The maximum Gasteiger partial charge on any atom is 0.332 e. The van der Waals surface area contributed by atoms with E-state index in [1.807, 2.05) is 17.7 Å². The Bertz CT molecular complexity index is 380. The maximum absolute atomic E-state index is 12.0. The van der Waals surface area contributed by atoms with Crippen molar-refractivity contribution in [2.75, 3.05) is 20.2 Å². The van der Waals surface area contributed by atoms with Crippen molar-refractivity contribution in [2.24, 2.45) is 0 Å². The normalized spacial score (nSPS) is 19.4. The number of aryl methyl sites for hydroxylation is 1. The highest BCUT2D eigenvalue weighted by atomic mass is 16.5. The third-order valence-electron chi connectivity index (χ3n) is 3.28. The van der Waals surface area contributed by atoms with E-state index < -0.39 is 5.54 Å². The molecule has 2 heterocycles. The van der Waals surface area contributed by atoms with Crippen molar-refractivity contribution in [3.05, 3.63) is 18.2 Å². The van der Waals surface area contributed by atoms with E-state index >= 15 is 0 Å². The largest absolute Gasteiger partial charge is 0.467 e. The second-order valence-corrected chi connectivity index (χ2v) is 4.12. The van der Waals surface area contributed by atoms with Crippen molar-refractivity contribution in [2.45, 2.75) is 25.3 Å². The Morgan fingerprint density at radius 2 is 2.25 bits per heavy atom. The molecular formula is C11H17N3O2. The Hall–Kier alpha value is -1.36. The number of imidazole rings is 1. The van der Waals surface area contributed by atoms with Crippen molar-refractivity contribution < 1.29 is 9.53 Å². The van der Waals surface area contributed by atoms with Crippen LogP contribution in [0.5, 0.6) is 0 Å². The minimum absolute atomic E-state index is 0.171. The van der Waals surface area contributed by atoms with E-state index in [2.05, 4.69) is 10.3 Å². The van der Waals surface area contributed by atoms with Crippen LogP contribution in [-0.4, -0.2) is 35.7 Å². The number of carbonyl (C=O) groups excluding carboxylic acids is 1. The number of nitrogens with one attached hydrogen (secondary N) is 1. The Labute approximate surface area is 94.8 Å². The Balaban J connectivity index is 2.41. The van der Waals surface area contributed by atoms with Gasteiger partial charge in [-0.3, -0.25) is 0 Å². The quantitative estimate of drug-likeness (QED) is 0.739. The van der Waals surface area contributed by atoms with E-state index in [1.165, 1.54) is 7.11 Å². The van der Waals surface area contributed by atoms with Crippen LogP contribution in [0.4, 0.5) is 0 Å². The zero-order chi connectivity index (χ0) is 11.6. The number of rotatable bonds is 2. The van der Waals surface area contributed by atoms with Gasteiger partial charge in [0.25, 0.3) is 0 Å². The van der Waals surface area contributed by atoms with Crippen molar-refractivity contribution >= 4 is 5.97 Å². The summed E-state index contributed by atoms with van der Waals surface area (Å²) in [6.07, 6.45) is 5.08. The lowest BCUT2D eigenvalue weighted by atomic mass is 9.88. The number of hydrogen-bond donors (Lipinski definition) is 1. The molecule has 0 radical (unpaired) electrons. The molecule has 0 atom stereocenters. The summed E-state index contributed by atoms with van der Waals surface area (Å²) < 4.78 is 6.90. The van der Waals surface area contributed by atoms with Crippen molar-refractivity contribution in [3.8, 4) is 0 Å². The highest BCUT2D eigenvalue weighted by molar-refractivity contribution is 5.79. The minimum Gasteiger partial charge on any atom is -0.467 e. The number of ether oxygens (including phenoxy) is 1. The SMILES string of the molecule is COC(=O)C1(n2ccnc2C)CCNCC1. The fourth-order valence-electron chi connectivity index (χ4n) is 2.40. The zero-order valence-corrected chi connectivity index (χ0v) is 9.69. The molecule has 0 saturated carbocycles. The molecule has 0 aliphatic carbocycles. The standard InChI is InChI=1S/C11H17N3O2/c1-9-13-7-8-14(9)11(10(15)16-2)3-5-12-6-4-11/h7-8,12H,3-6H2,1-2H3. The summed E-state index contributed by atoms with van der Waals surface area (Å²) >= 11 is 0. The molecule has 1 aliphatic rings. The van der Waals surface area contributed by atoms with Gasteiger partial charge in [-0.05, 0) is 32.9 Å². The van der Waals surface area contributed by atoms with Crippen molar-refractivity contribution in [1.29, 1.82) is 0 Å². The summed E-state index contributed by atoms with van der Waals surface area (Å²) in [6.45, 7) is 3.56. The molecule has 1 aromatic rings. The summed E-state index contributed by atoms with van der Waals surface area (Å²) in [4.78, 5) is 16.2. The van der Waals surface area contributed by atoms with E-state index in [0.717, 1.165) is 31.8 Å². The summed E-state index contributed by atoms with van der Waals surface area (Å²) in [7, 11) is 1.44. The molecule has 5 heteroatoms. The first-order valence-corrected chi connectivity index (χ1v) is 5.50. The predicted molar refractivity (Wildman–Crippen MR) is 59.1 cm³/mol. The highest BCUT2D eigenvalue weighted by Gasteiger charge is 2.42. The molecule has 0 unspecified atom stereocenters. The molecule has 16 heavy (non-hydrogen) atoms. The van der Waals surface area contributed by atoms with Gasteiger partial charge in [-0.2, -0.15) is 0 Å². The number of esters is 1. The lowest BCUT2D eigenvalue weighted by molar-refractivity contribution is -0.153. The Kier molecular flexibility index (Phi) is 2.96. The van der Waals surface area contributed by atoms with Gasteiger partial charge in [0, 0.05) is 12.4 Å². The third-order valence-corrected chi connectivity index (χ3v) is 3.28. The first-order chi connectivity index (χ1) is 7.70. The Morgan fingerprint density at radius 3 is 2.75 bits per heavy atom. The lowest BCUT2D eigenvalue weighted by Crippen LogP contribution is -2.50. The Morgan fingerprint density at radius 1 is 1.56 bits per heavy atom. The molecule has 88 valence electrons. The maximum atomic E-state index is 12.0. The fraction of sp³-hybridized carbons (Fsp3) is 0.636. The highest BCUT2D eigenvalue weighted by Crippen LogP contribution is 2.30. The average molecular weight is 223 g/mol. The van der Waals surface area contributed by atoms with Crippen LogP contribution in [0.3, 0.4) is 0 Å². The summed E-state index contributed by atoms with van der Waals surface area (Å²) in [5.74, 6) is 0.683. The van der Waals surface area contributed by atoms with Gasteiger partial charge in [-0.15, -0.1) is 0 Å². The number of aromatic nitrogens is 2. The molecule has 5 nitrogen and oxygen atoms in total. The van der Waals surface area contributed by atoms with E-state index in [-0.39, 0.29) is 5.97 Å². The fourth-order valence-corrected chi connectivity index (χ4v) is 2.40. The smallest absolute Gasteiger partial charge is 0.332 e. The number of carbonyl (C=O) groups is 1. The van der Waals surface area contributed by atoms with Crippen LogP contribution in [0.15, 0.2) is 12.4 Å². The number of methoxy groups -OCH3 is 1.